The van der Waals surface area contributed by atoms with Crippen LogP contribution < -0.4 is 0 Å². The lowest BCUT2D eigenvalue weighted by Gasteiger charge is -2.22. The summed E-state index contributed by atoms with van der Waals surface area (Å²) < 4.78 is 9.91. The molecule has 50 valence electrons. The fraction of sp³-hybridized carbons (Fsp3) is 0.667. The Hall–Kier alpha value is -0.170. The van der Waals surface area contributed by atoms with E-state index in [-0.39, 0.29) is 6.10 Å². The van der Waals surface area contributed by atoms with Gasteiger partial charge in [-0.15, -0.1) is 6.42 Å². The minimum Gasteiger partial charge on any atom is -0.291 e. The van der Waals surface area contributed by atoms with Gasteiger partial charge in [-0.2, -0.15) is 0 Å². The molecule has 9 heavy (non-hydrogen) atoms. The molecule has 0 saturated carbocycles. The Labute approximate surface area is 59.3 Å². The molecule has 3 heteroatoms. The van der Waals surface area contributed by atoms with Crippen molar-refractivity contribution in [2.75, 3.05) is 6.61 Å². The van der Waals surface area contributed by atoms with Crippen LogP contribution >= 0.6 is 12.3 Å². The smallest absolute Gasteiger partial charge is 0.159 e. The second-order valence-electron chi connectivity index (χ2n) is 2.01. The quantitative estimate of drug-likeness (QED) is 0.376. The number of rotatable bonds is 0. The standard InChI is InChI=1S/C6H8O2S/c1-3-6-5(2)4-7-9-8-6/h1,5-6H,4H2,2H3. The molecule has 1 aliphatic rings. The highest BCUT2D eigenvalue weighted by atomic mass is 32.2. The van der Waals surface area contributed by atoms with Crippen LogP contribution in [0.2, 0.25) is 0 Å². The molecule has 1 saturated heterocycles. The Morgan fingerprint density at radius 1 is 1.78 bits per heavy atom. The van der Waals surface area contributed by atoms with Crippen molar-refractivity contribution in [3.05, 3.63) is 0 Å². The van der Waals surface area contributed by atoms with E-state index in [2.05, 4.69) is 5.92 Å². The minimum absolute atomic E-state index is 0.0799. The van der Waals surface area contributed by atoms with Gasteiger partial charge >= 0.3 is 0 Å². The Balaban J connectivity index is 2.41. The third kappa shape index (κ3) is 1.62. The van der Waals surface area contributed by atoms with Crippen LogP contribution in [0.4, 0.5) is 0 Å². The molecule has 0 amide bonds. The van der Waals surface area contributed by atoms with E-state index in [9.17, 15) is 0 Å². The first-order chi connectivity index (χ1) is 4.34. The Bertz CT molecular complexity index is 130. The monoisotopic (exact) mass is 144 g/mol. The lowest BCUT2D eigenvalue weighted by Crippen LogP contribution is -2.25. The van der Waals surface area contributed by atoms with Gasteiger partial charge in [0.15, 0.2) is 12.3 Å². The van der Waals surface area contributed by atoms with Crippen LogP contribution in [0.15, 0.2) is 0 Å². The molecule has 0 N–H and O–H groups in total. The summed E-state index contributed by atoms with van der Waals surface area (Å²) >= 11 is 0.989. The highest BCUT2D eigenvalue weighted by Gasteiger charge is 2.21. The Morgan fingerprint density at radius 2 is 2.56 bits per heavy atom. The molecule has 0 bridgehead atoms. The van der Waals surface area contributed by atoms with E-state index >= 15 is 0 Å². The van der Waals surface area contributed by atoms with Gasteiger partial charge in [-0.05, 0) is 0 Å². The van der Waals surface area contributed by atoms with Gasteiger partial charge in [0, 0.05) is 5.92 Å². The van der Waals surface area contributed by atoms with E-state index in [1.165, 1.54) is 0 Å². The Morgan fingerprint density at radius 3 is 3.00 bits per heavy atom. The Kier molecular flexibility index (Phi) is 2.40. The van der Waals surface area contributed by atoms with Crippen molar-refractivity contribution in [3.63, 3.8) is 0 Å². The maximum atomic E-state index is 5.15. The summed E-state index contributed by atoms with van der Waals surface area (Å²) in [4.78, 5) is 0. The maximum Gasteiger partial charge on any atom is 0.159 e. The molecule has 1 rings (SSSR count). The summed E-state index contributed by atoms with van der Waals surface area (Å²) in [6, 6.07) is 0. The summed E-state index contributed by atoms with van der Waals surface area (Å²) in [6.45, 7) is 2.68. The topological polar surface area (TPSA) is 18.5 Å². The zero-order chi connectivity index (χ0) is 6.69. The molecule has 1 fully saturated rings. The van der Waals surface area contributed by atoms with Crippen molar-refractivity contribution in [1.82, 2.24) is 0 Å². The molecule has 2 nitrogen and oxygen atoms in total. The van der Waals surface area contributed by atoms with Crippen LogP contribution in [0.3, 0.4) is 0 Å². The fourth-order valence-corrected chi connectivity index (χ4v) is 1.24. The first-order valence-corrected chi connectivity index (χ1v) is 3.42. The van der Waals surface area contributed by atoms with E-state index < -0.39 is 0 Å². The molecule has 1 heterocycles. The van der Waals surface area contributed by atoms with Crippen molar-refractivity contribution < 1.29 is 8.37 Å². The van der Waals surface area contributed by atoms with Crippen LogP contribution in [0.1, 0.15) is 6.92 Å². The average molecular weight is 144 g/mol. The summed E-state index contributed by atoms with van der Waals surface area (Å²) in [7, 11) is 0. The van der Waals surface area contributed by atoms with Crippen molar-refractivity contribution in [3.8, 4) is 12.3 Å². The van der Waals surface area contributed by atoms with Gasteiger partial charge in [0.2, 0.25) is 0 Å². The molecule has 2 unspecified atom stereocenters. The molecule has 0 aromatic carbocycles. The van der Waals surface area contributed by atoms with Crippen LogP contribution in [0.5, 0.6) is 0 Å². The largest absolute Gasteiger partial charge is 0.291 e. The lowest BCUT2D eigenvalue weighted by atomic mass is 10.1. The molecule has 0 aromatic rings. The second-order valence-corrected chi connectivity index (χ2v) is 2.58. The van der Waals surface area contributed by atoms with E-state index in [0.29, 0.717) is 12.5 Å². The highest BCUT2D eigenvalue weighted by molar-refractivity contribution is 7.89. The third-order valence-electron chi connectivity index (χ3n) is 1.20. The van der Waals surface area contributed by atoms with Gasteiger partial charge in [-0.3, -0.25) is 8.37 Å². The SMILES string of the molecule is C#CC1OSOCC1C. The van der Waals surface area contributed by atoms with Gasteiger partial charge in [0.05, 0.1) is 6.61 Å². The molecular formula is C6H8O2S. The first kappa shape index (κ1) is 6.94. The number of hydrogen-bond donors (Lipinski definition) is 0. The zero-order valence-electron chi connectivity index (χ0n) is 5.16. The highest BCUT2D eigenvalue weighted by Crippen LogP contribution is 2.22. The molecule has 0 aliphatic carbocycles. The second kappa shape index (κ2) is 3.11. The van der Waals surface area contributed by atoms with Gasteiger partial charge < -0.3 is 0 Å². The van der Waals surface area contributed by atoms with Crippen molar-refractivity contribution in [2.45, 2.75) is 13.0 Å². The fourth-order valence-electron chi connectivity index (χ4n) is 0.579. The molecule has 0 radical (unpaired) electrons. The minimum atomic E-state index is -0.0799. The molecule has 0 aromatic heterocycles. The molecule has 2 atom stereocenters. The van der Waals surface area contributed by atoms with Crippen LogP contribution in [-0.2, 0) is 8.37 Å². The summed E-state index contributed by atoms with van der Waals surface area (Å²) in [5, 5.41) is 0. The summed E-state index contributed by atoms with van der Waals surface area (Å²) in [5.74, 6) is 2.85. The van der Waals surface area contributed by atoms with Crippen LogP contribution in [-0.4, -0.2) is 12.7 Å². The summed E-state index contributed by atoms with van der Waals surface area (Å²) in [5.41, 5.74) is 0. The normalized spacial score (nSPS) is 35.6. The van der Waals surface area contributed by atoms with Crippen molar-refractivity contribution in [2.24, 2.45) is 5.92 Å². The maximum absolute atomic E-state index is 5.15. The molecule has 1 aliphatic heterocycles. The van der Waals surface area contributed by atoms with E-state index in [0.717, 1.165) is 12.3 Å². The zero-order valence-corrected chi connectivity index (χ0v) is 5.98. The lowest BCUT2D eigenvalue weighted by molar-refractivity contribution is 0.116. The van der Waals surface area contributed by atoms with E-state index in [4.69, 9.17) is 14.8 Å². The predicted molar refractivity (Wildman–Crippen MR) is 36.4 cm³/mol. The van der Waals surface area contributed by atoms with Crippen molar-refractivity contribution in [1.29, 1.82) is 0 Å². The number of terminal acetylenes is 1. The molecule has 0 spiro atoms. The van der Waals surface area contributed by atoms with Crippen LogP contribution in [0.25, 0.3) is 0 Å². The number of hydrogen-bond acceptors (Lipinski definition) is 3. The van der Waals surface area contributed by atoms with Gasteiger partial charge in [-0.1, -0.05) is 12.8 Å². The van der Waals surface area contributed by atoms with Crippen LogP contribution in [0, 0.1) is 18.3 Å². The first-order valence-electron chi connectivity index (χ1n) is 2.75. The van der Waals surface area contributed by atoms with Gasteiger partial charge in [0.25, 0.3) is 0 Å². The summed E-state index contributed by atoms with van der Waals surface area (Å²) in [6.07, 6.45) is 5.07. The van der Waals surface area contributed by atoms with Crippen molar-refractivity contribution >= 4 is 12.3 Å². The molecular weight excluding hydrogens is 136 g/mol. The third-order valence-corrected chi connectivity index (χ3v) is 1.72. The average Bonchev–Trinajstić information content (AvgIpc) is 1.89. The van der Waals surface area contributed by atoms with E-state index in [1.54, 1.807) is 0 Å². The van der Waals surface area contributed by atoms with Gasteiger partial charge in [-0.25, -0.2) is 0 Å². The van der Waals surface area contributed by atoms with Gasteiger partial charge in [0.1, 0.15) is 6.10 Å². The predicted octanol–water partition coefficient (Wildman–Crippen LogP) is 1.23. The van der Waals surface area contributed by atoms with E-state index in [1.807, 2.05) is 6.92 Å².